The van der Waals surface area contributed by atoms with Crippen LogP contribution in [0.2, 0.25) is 5.02 Å². The molecule has 0 aliphatic heterocycles. The molecular formula is C16H15ClN2O4. The largest absolute Gasteiger partial charge is 0.507 e. The number of hydrogen-bond acceptors (Lipinski definition) is 4. The number of ether oxygens (including phenoxy) is 1. The van der Waals surface area contributed by atoms with E-state index in [4.69, 9.17) is 16.3 Å². The van der Waals surface area contributed by atoms with E-state index in [9.17, 15) is 14.7 Å². The Labute approximate surface area is 138 Å². The summed E-state index contributed by atoms with van der Waals surface area (Å²) in [5.74, 6) is -0.921. The lowest BCUT2D eigenvalue weighted by atomic mass is 10.2. The van der Waals surface area contributed by atoms with Crippen LogP contribution in [-0.2, 0) is 4.79 Å². The number of phenolic OH excluding ortho intramolecular Hbond substituents is 1. The van der Waals surface area contributed by atoms with E-state index in [0.29, 0.717) is 10.8 Å². The van der Waals surface area contributed by atoms with Crippen LogP contribution in [0.3, 0.4) is 0 Å². The average Bonchev–Trinajstić information content (AvgIpc) is 2.52. The van der Waals surface area contributed by atoms with E-state index in [-0.39, 0.29) is 11.3 Å². The van der Waals surface area contributed by atoms with Crippen LogP contribution in [0.4, 0.5) is 0 Å². The number of rotatable bonds is 4. The zero-order valence-electron chi connectivity index (χ0n) is 12.2. The maximum Gasteiger partial charge on any atom is 0.279 e. The van der Waals surface area contributed by atoms with Crippen molar-refractivity contribution in [2.45, 2.75) is 13.0 Å². The zero-order valence-corrected chi connectivity index (χ0v) is 13.0. The molecule has 3 N–H and O–H groups in total. The molecule has 2 aromatic carbocycles. The van der Waals surface area contributed by atoms with Gasteiger partial charge in [-0.1, -0.05) is 29.8 Å². The van der Waals surface area contributed by atoms with E-state index in [1.807, 2.05) is 0 Å². The van der Waals surface area contributed by atoms with Crippen LogP contribution in [0.15, 0.2) is 48.5 Å². The highest BCUT2D eigenvalue weighted by Crippen LogP contribution is 2.18. The molecule has 1 unspecified atom stereocenters. The lowest BCUT2D eigenvalue weighted by Crippen LogP contribution is -2.47. The molecule has 2 amide bonds. The quantitative estimate of drug-likeness (QED) is 0.748. The maximum absolute atomic E-state index is 11.9. The Morgan fingerprint density at radius 3 is 2.57 bits per heavy atom. The maximum atomic E-state index is 11.9. The van der Waals surface area contributed by atoms with Gasteiger partial charge in [0.1, 0.15) is 11.5 Å². The molecule has 0 saturated carbocycles. The van der Waals surface area contributed by atoms with E-state index in [0.717, 1.165) is 0 Å². The predicted molar refractivity (Wildman–Crippen MR) is 85.3 cm³/mol. The molecule has 0 aliphatic carbocycles. The fourth-order valence-corrected chi connectivity index (χ4v) is 1.93. The Kier molecular flexibility index (Phi) is 5.43. The van der Waals surface area contributed by atoms with Crippen LogP contribution in [0, 0.1) is 0 Å². The molecule has 6 nitrogen and oxygen atoms in total. The Hall–Kier alpha value is -2.73. The summed E-state index contributed by atoms with van der Waals surface area (Å²) < 4.78 is 5.42. The molecule has 0 aliphatic rings. The third-order valence-corrected chi connectivity index (χ3v) is 3.16. The smallest absolute Gasteiger partial charge is 0.279 e. The van der Waals surface area contributed by atoms with Crippen molar-refractivity contribution in [1.29, 1.82) is 0 Å². The number of amides is 2. The molecule has 0 fully saturated rings. The fourth-order valence-electron chi connectivity index (χ4n) is 1.75. The highest BCUT2D eigenvalue weighted by atomic mass is 35.5. The molecule has 0 saturated heterocycles. The third kappa shape index (κ3) is 4.62. The van der Waals surface area contributed by atoms with Gasteiger partial charge in [-0.05, 0) is 37.3 Å². The molecule has 120 valence electrons. The molecule has 0 heterocycles. The first-order chi connectivity index (χ1) is 11.0. The summed E-state index contributed by atoms with van der Waals surface area (Å²) in [4.78, 5) is 23.8. The summed E-state index contributed by atoms with van der Waals surface area (Å²) >= 11 is 5.83. The molecule has 1 atom stereocenters. The van der Waals surface area contributed by atoms with Gasteiger partial charge in [-0.25, -0.2) is 0 Å². The van der Waals surface area contributed by atoms with Crippen molar-refractivity contribution in [1.82, 2.24) is 10.9 Å². The van der Waals surface area contributed by atoms with E-state index in [2.05, 4.69) is 10.9 Å². The minimum atomic E-state index is -0.849. The summed E-state index contributed by atoms with van der Waals surface area (Å²) in [6.45, 7) is 1.53. The fraction of sp³-hybridized carbons (Fsp3) is 0.125. The highest BCUT2D eigenvalue weighted by molar-refractivity contribution is 6.30. The standard InChI is InChI=1S/C16H15ClN2O4/c1-10(23-12-6-4-5-11(17)9-12)15(21)18-19-16(22)13-7-2-3-8-14(13)20/h2-10,20H,1H3,(H,18,21)(H,19,22). The van der Waals surface area contributed by atoms with Crippen molar-refractivity contribution in [3.05, 3.63) is 59.1 Å². The van der Waals surface area contributed by atoms with Crippen LogP contribution in [0.25, 0.3) is 0 Å². The average molecular weight is 335 g/mol. The van der Waals surface area contributed by atoms with Crippen LogP contribution >= 0.6 is 11.6 Å². The van der Waals surface area contributed by atoms with E-state index in [1.165, 1.54) is 19.1 Å². The predicted octanol–water partition coefficient (Wildman–Crippen LogP) is 2.27. The first-order valence-electron chi connectivity index (χ1n) is 6.78. The minimum Gasteiger partial charge on any atom is -0.507 e. The van der Waals surface area contributed by atoms with Gasteiger partial charge in [-0.15, -0.1) is 0 Å². The zero-order chi connectivity index (χ0) is 16.8. The normalized spacial score (nSPS) is 11.4. The second kappa shape index (κ2) is 7.51. The number of para-hydroxylation sites is 1. The van der Waals surface area contributed by atoms with Crippen molar-refractivity contribution in [3.8, 4) is 11.5 Å². The molecule has 23 heavy (non-hydrogen) atoms. The number of nitrogens with one attached hydrogen (secondary N) is 2. The third-order valence-electron chi connectivity index (χ3n) is 2.93. The SMILES string of the molecule is CC(Oc1cccc(Cl)c1)C(=O)NNC(=O)c1ccccc1O. The molecule has 2 aromatic rings. The van der Waals surface area contributed by atoms with Crippen LogP contribution in [-0.4, -0.2) is 23.0 Å². The number of aromatic hydroxyl groups is 1. The van der Waals surface area contributed by atoms with Crippen molar-refractivity contribution >= 4 is 23.4 Å². The summed E-state index contributed by atoms with van der Waals surface area (Å²) in [6, 6.07) is 12.6. The number of benzene rings is 2. The van der Waals surface area contributed by atoms with Gasteiger partial charge in [0.2, 0.25) is 0 Å². The van der Waals surface area contributed by atoms with Crippen molar-refractivity contribution in [2.75, 3.05) is 0 Å². The molecule has 0 spiro atoms. The monoisotopic (exact) mass is 334 g/mol. The summed E-state index contributed by atoms with van der Waals surface area (Å²) in [5, 5.41) is 10.1. The Balaban J connectivity index is 1.89. The number of carbonyl (C=O) groups is 2. The number of hydrogen-bond donors (Lipinski definition) is 3. The van der Waals surface area contributed by atoms with E-state index in [1.54, 1.807) is 36.4 Å². The molecule has 2 rings (SSSR count). The van der Waals surface area contributed by atoms with Crippen LogP contribution in [0.5, 0.6) is 11.5 Å². The lowest BCUT2D eigenvalue weighted by molar-refractivity contribution is -0.128. The Morgan fingerprint density at radius 1 is 1.13 bits per heavy atom. The van der Waals surface area contributed by atoms with Gasteiger partial charge in [0.05, 0.1) is 5.56 Å². The van der Waals surface area contributed by atoms with Gasteiger partial charge in [-0.2, -0.15) is 0 Å². The van der Waals surface area contributed by atoms with Gasteiger partial charge >= 0.3 is 0 Å². The van der Waals surface area contributed by atoms with Crippen molar-refractivity contribution < 1.29 is 19.4 Å². The van der Waals surface area contributed by atoms with Gasteiger partial charge in [0.25, 0.3) is 11.8 Å². The van der Waals surface area contributed by atoms with Gasteiger partial charge in [0.15, 0.2) is 6.10 Å². The first-order valence-corrected chi connectivity index (χ1v) is 7.15. The second-order valence-corrected chi connectivity index (χ2v) is 5.11. The molecular weight excluding hydrogens is 320 g/mol. The van der Waals surface area contributed by atoms with Gasteiger partial charge < -0.3 is 9.84 Å². The molecule has 0 radical (unpaired) electrons. The first kappa shape index (κ1) is 16.6. The summed E-state index contributed by atoms with van der Waals surface area (Å²) in [5.41, 5.74) is 4.50. The lowest BCUT2D eigenvalue weighted by Gasteiger charge is -2.15. The second-order valence-electron chi connectivity index (χ2n) is 4.68. The van der Waals surface area contributed by atoms with Gasteiger partial charge in [0, 0.05) is 5.02 Å². The Morgan fingerprint density at radius 2 is 1.87 bits per heavy atom. The van der Waals surface area contributed by atoms with E-state index >= 15 is 0 Å². The highest BCUT2D eigenvalue weighted by Gasteiger charge is 2.17. The molecule has 0 bridgehead atoms. The number of halogens is 1. The summed E-state index contributed by atoms with van der Waals surface area (Å²) in [7, 11) is 0. The van der Waals surface area contributed by atoms with Gasteiger partial charge in [-0.3, -0.25) is 20.4 Å². The van der Waals surface area contributed by atoms with Crippen molar-refractivity contribution in [3.63, 3.8) is 0 Å². The topological polar surface area (TPSA) is 87.7 Å². The van der Waals surface area contributed by atoms with Crippen LogP contribution < -0.4 is 15.6 Å². The van der Waals surface area contributed by atoms with Crippen molar-refractivity contribution in [2.24, 2.45) is 0 Å². The summed E-state index contributed by atoms with van der Waals surface area (Å²) in [6.07, 6.45) is -0.849. The molecule has 7 heteroatoms. The Bertz CT molecular complexity index is 721. The van der Waals surface area contributed by atoms with Crippen LogP contribution in [0.1, 0.15) is 17.3 Å². The number of hydrazine groups is 1. The minimum absolute atomic E-state index is 0.0520. The number of phenols is 1. The number of carbonyl (C=O) groups excluding carboxylic acids is 2. The molecule has 0 aromatic heterocycles. The van der Waals surface area contributed by atoms with E-state index < -0.39 is 17.9 Å².